The maximum atomic E-state index is 6.84. The molecule has 57 heavy (non-hydrogen) atoms. The molecule has 3 aromatic heterocycles. The van der Waals surface area contributed by atoms with Crippen LogP contribution in [0.4, 0.5) is 0 Å². The molecule has 0 bridgehead atoms. The lowest BCUT2D eigenvalue weighted by molar-refractivity contribution is 0.409. The number of nitrogens with zero attached hydrogens (tertiary/aromatic N) is 2. The molecule has 0 spiro atoms. The summed E-state index contributed by atoms with van der Waals surface area (Å²) >= 11 is 1.86. The van der Waals surface area contributed by atoms with E-state index in [-0.39, 0.29) is 12.3 Å². The summed E-state index contributed by atoms with van der Waals surface area (Å²) in [6.45, 7) is 0. The van der Waals surface area contributed by atoms with Gasteiger partial charge in [0, 0.05) is 53.0 Å². The Morgan fingerprint density at radius 2 is 1.16 bits per heavy atom. The summed E-state index contributed by atoms with van der Waals surface area (Å²) in [6.07, 6.45) is -0.371. The minimum absolute atomic E-state index is 0.139. The molecule has 0 aliphatic carbocycles. The van der Waals surface area contributed by atoms with Crippen molar-refractivity contribution in [2.45, 2.75) is 12.3 Å². The normalized spacial score (nSPS) is 15.9. The first-order valence-corrected chi connectivity index (χ1v) is 20.2. The Bertz CT molecular complexity index is 3320. The Labute approximate surface area is 332 Å². The molecule has 5 nitrogen and oxygen atoms in total. The Hall–Kier alpha value is -6.99. The molecule has 4 heterocycles. The van der Waals surface area contributed by atoms with Gasteiger partial charge in [0.15, 0.2) is 0 Å². The van der Waals surface area contributed by atoms with E-state index < -0.39 is 0 Å². The van der Waals surface area contributed by atoms with Gasteiger partial charge >= 0.3 is 0 Å². The number of rotatable bonds is 5. The largest absolute Gasteiger partial charge is 0.455 e. The Morgan fingerprint density at radius 1 is 0.526 bits per heavy atom. The highest BCUT2D eigenvalue weighted by Gasteiger charge is 2.28. The van der Waals surface area contributed by atoms with Gasteiger partial charge in [0.1, 0.15) is 29.3 Å². The summed E-state index contributed by atoms with van der Waals surface area (Å²) in [5.74, 6) is 0.799. The molecule has 0 saturated heterocycles. The fourth-order valence-corrected chi connectivity index (χ4v) is 10.2. The molecule has 0 radical (unpaired) electrons. The molecule has 1 aliphatic rings. The number of aliphatic imine (C=N–C) groups is 1. The minimum atomic E-state index is -0.233. The second kappa shape index (κ2) is 12.8. The van der Waals surface area contributed by atoms with Crippen molar-refractivity contribution in [2.75, 3.05) is 0 Å². The molecule has 0 fully saturated rings. The number of benzene rings is 8. The predicted molar refractivity (Wildman–Crippen MR) is 238 cm³/mol. The van der Waals surface area contributed by atoms with Crippen molar-refractivity contribution in [1.82, 2.24) is 15.2 Å². The van der Waals surface area contributed by atoms with E-state index in [0.29, 0.717) is 0 Å². The predicted octanol–water partition coefficient (Wildman–Crippen LogP) is 13.1. The van der Waals surface area contributed by atoms with Crippen LogP contribution in [0.15, 0.2) is 191 Å². The zero-order valence-corrected chi connectivity index (χ0v) is 31.5. The monoisotopic (exact) mass is 750 g/mol. The summed E-state index contributed by atoms with van der Waals surface area (Å²) in [5, 5.41) is 14.7. The minimum Gasteiger partial charge on any atom is -0.455 e. The lowest BCUT2D eigenvalue weighted by Gasteiger charge is -2.32. The molecule has 0 amide bonds. The first-order valence-electron chi connectivity index (χ1n) is 19.4. The highest BCUT2D eigenvalue weighted by Crippen LogP contribution is 2.45. The van der Waals surface area contributed by atoms with Gasteiger partial charge in [-0.3, -0.25) is 5.32 Å². The van der Waals surface area contributed by atoms with E-state index in [1.165, 1.54) is 53.2 Å². The lowest BCUT2D eigenvalue weighted by atomic mass is 9.97. The highest BCUT2D eigenvalue weighted by atomic mass is 32.1. The molecule has 270 valence electrons. The summed E-state index contributed by atoms with van der Waals surface area (Å²) in [7, 11) is 0. The molecule has 2 unspecified atom stereocenters. The fraction of sp³-hybridized carbons (Fsp3) is 0.0392. The van der Waals surface area contributed by atoms with Crippen molar-refractivity contribution in [1.29, 1.82) is 0 Å². The zero-order chi connectivity index (χ0) is 37.5. The Balaban J connectivity index is 1.01. The third kappa shape index (κ3) is 5.08. The maximum absolute atomic E-state index is 6.84. The van der Waals surface area contributed by atoms with Gasteiger partial charge < -0.3 is 14.3 Å². The van der Waals surface area contributed by atoms with Gasteiger partial charge in [0.25, 0.3) is 0 Å². The van der Waals surface area contributed by atoms with Gasteiger partial charge in [-0.15, -0.1) is 11.3 Å². The van der Waals surface area contributed by atoms with Crippen LogP contribution in [0.5, 0.6) is 0 Å². The topological polar surface area (TPSA) is 54.5 Å². The lowest BCUT2D eigenvalue weighted by Crippen LogP contribution is -2.45. The van der Waals surface area contributed by atoms with Crippen LogP contribution in [0.3, 0.4) is 0 Å². The number of fused-ring (bicyclic) bond motifs is 9. The van der Waals surface area contributed by atoms with Crippen molar-refractivity contribution < 1.29 is 4.42 Å². The van der Waals surface area contributed by atoms with Crippen LogP contribution in [-0.4, -0.2) is 10.4 Å². The number of hydrogen-bond acceptors (Lipinski definition) is 5. The van der Waals surface area contributed by atoms with Crippen LogP contribution < -0.4 is 10.6 Å². The molecule has 2 atom stereocenters. The van der Waals surface area contributed by atoms with E-state index in [9.17, 15) is 0 Å². The van der Waals surface area contributed by atoms with E-state index in [2.05, 4.69) is 185 Å². The molecule has 2 N–H and O–H groups in total. The van der Waals surface area contributed by atoms with Gasteiger partial charge in [0.2, 0.25) is 0 Å². The molecule has 0 saturated carbocycles. The quantitative estimate of drug-likeness (QED) is 0.184. The standard InChI is InChI=1S/C51H34N4OS/c1-3-14-31(15-4-1)49-52-50(32-16-5-2-6-17-32)54-51(53-49)41-24-12-23-40-46-37(20-13-27-44(46)56-47(40)41)39-22-11-21-38-36-29-28-33(30-45(36)57-48(38)39)55-42-25-9-7-18-34(42)35-19-8-10-26-43(35)55/h1-30,49-50,52H,(H,53,54). The number of hydrogen-bond donors (Lipinski definition) is 2. The first-order chi connectivity index (χ1) is 28.3. The van der Waals surface area contributed by atoms with Gasteiger partial charge in [0.05, 0.1) is 16.6 Å². The Kier molecular flexibility index (Phi) is 7.24. The number of nitrogens with one attached hydrogen (secondary N) is 2. The molecule has 8 aromatic carbocycles. The van der Waals surface area contributed by atoms with Crippen molar-refractivity contribution in [3.05, 3.63) is 199 Å². The van der Waals surface area contributed by atoms with Crippen LogP contribution in [0.2, 0.25) is 0 Å². The van der Waals surface area contributed by atoms with Crippen LogP contribution >= 0.6 is 11.3 Å². The van der Waals surface area contributed by atoms with E-state index >= 15 is 0 Å². The molecule has 6 heteroatoms. The van der Waals surface area contributed by atoms with E-state index in [1.54, 1.807) is 0 Å². The molecule has 11 aromatic rings. The smallest absolute Gasteiger partial charge is 0.146 e. The van der Waals surface area contributed by atoms with Crippen LogP contribution in [0, 0.1) is 0 Å². The average Bonchev–Trinajstić information content (AvgIpc) is 3.96. The number of para-hydroxylation sites is 3. The fourth-order valence-electron chi connectivity index (χ4n) is 8.92. The third-order valence-electron chi connectivity index (χ3n) is 11.5. The van der Waals surface area contributed by atoms with Crippen LogP contribution in [0.25, 0.3) is 80.7 Å². The van der Waals surface area contributed by atoms with Crippen molar-refractivity contribution in [2.24, 2.45) is 4.99 Å². The maximum Gasteiger partial charge on any atom is 0.146 e. The van der Waals surface area contributed by atoms with Gasteiger partial charge in [-0.1, -0.05) is 146 Å². The van der Waals surface area contributed by atoms with Gasteiger partial charge in [-0.05, 0) is 53.1 Å². The van der Waals surface area contributed by atoms with E-state index in [4.69, 9.17) is 9.41 Å². The van der Waals surface area contributed by atoms with E-state index in [0.717, 1.165) is 50.0 Å². The summed E-state index contributed by atoms with van der Waals surface area (Å²) in [4.78, 5) is 5.26. The van der Waals surface area contributed by atoms with Crippen molar-refractivity contribution in [3.8, 4) is 16.8 Å². The van der Waals surface area contributed by atoms with Gasteiger partial charge in [-0.2, -0.15) is 0 Å². The second-order valence-electron chi connectivity index (χ2n) is 14.7. The third-order valence-corrected chi connectivity index (χ3v) is 12.7. The first kappa shape index (κ1) is 32.3. The summed E-state index contributed by atoms with van der Waals surface area (Å²) in [5.41, 5.74) is 10.8. The highest BCUT2D eigenvalue weighted by molar-refractivity contribution is 7.26. The molecule has 12 rings (SSSR count). The van der Waals surface area contributed by atoms with Gasteiger partial charge in [-0.25, -0.2) is 4.99 Å². The average molecular weight is 751 g/mol. The van der Waals surface area contributed by atoms with Crippen LogP contribution in [-0.2, 0) is 0 Å². The second-order valence-corrected chi connectivity index (χ2v) is 15.8. The summed E-state index contributed by atoms with van der Waals surface area (Å²) in [6, 6.07) is 64.8. The Morgan fingerprint density at radius 3 is 1.93 bits per heavy atom. The zero-order valence-electron chi connectivity index (χ0n) is 30.7. The van der Waals surface area contributed by atoms with Crippen LogP contribution in [0.1, 0.15) is 29.0 Å². The molecular formula is C51H34N4OS. The molecular weight excluding hydrogens is 717 g/mol. The number of thiophene rings is 1. The number of aromatic nitrogens is 1. The SMILES string of the molecule is c1ccc(C2N=C(c3cccc4c3oc3cccc(-c5cccc6c5sc5cc(-n7c8ccccc8c8ccccc87)ccc56)c34)NC(c3ccccc3)N2)cc1. The van der Waals surface area contributed by atoms with Crippen molar-refractivity contribution in [3.63, 3.8) is 0 Å². The summed E-state index contributed by atoms with van der Waals surface area (Å²) < 4.78 is 11.8. The number of amidine groups is 1. The van der Waals surface area contributed by atoms with E-state index in [1.807, 2.05) is 23.5 Å². The number of furan rings is 1. The van der Waals surface area contributed by atoms with Crippen molar-refractivity contribution >= 4 is 81.1 Å². The molecule has 1 aliphatic heterocycles.